The quantitative estimate of drug-likeness (QED) is 0.423. The molecule has 2 atom stereocenters. The van der Waals surface area contributed by atoms with Gasteiger partial charge in [-0.25, -0.2) is 9.98 Å². The van der Waals surface area contributed by atoms with E-state index in [4.69, 9.17) is 46.4 Å². The van der Waals surface area contributed by atoms with Gasteiger partial charge in [0.05, 0.1) is 12.1 Å². The summed E-state index contributed by atoms with van der Waals surface area (Å²) in [6, 6.07) is 10.8. The van der Waals surface area contributed by atoms with Crippen molar-refractivity contribution in [2.45, 2.75) is 12.1 Å². The zero-order chi connectivity index (χ0) is 22.5. The number of halogens is 4. The smallest absolute Gasteiger partial charge is 0.192 e. The first kappa shape index (κ1) is 23.1. The van der Waals surface area contributed by atoms with E-state index in [1.807, 2.05) is 48.6 Å². The molecule has 0 fully saturated rings. The molecule has 2 aliphatic rings. The first-order chi connectivity index (χ1) is 15.5. The minimum absolute atomic E-state index is 0.102. The molecule has 2 aliphatic heterocycles. The SMILES string of the molecule is Clc1cccc(Cl)c1C1CNC(NC/C=C/CNC2=NC(c3c(Cl)cccc3Cl)CN2)=N1. The molecule has 2 unspecified atom stereocenters. The molecule has 10 heteroatoms. The Morgan fingerprint density at radius 2 is 1.09 bits per heavy atom. The number of hydrogen-bond acceptors (Lipinski definition) is 6. The van der Waals surface area contributed by atoms with Crippen LogP contribution in [0.4, 0.5) is 0 Å². The van der Waals surface area contributed by atoms with Gasteiger partial charge in [-0.3, -0.25) is 0 Å². The second kappa shape index (κ2) is 10.7. The van der Waals surface area contributed by atoms with E-state index in [-0.39, 0.29) is 12.1 Å². The van der Waals surface area contributed by atoms with Crippen molar-refractivity contribution in [2.75, 3.05) is 26.2 Å². The van der Waals surface area contributed by atoms with Gasteiger partial charge < -0.3 is 21.3 Å². The summed E-state index contributed by atoms with van der Waals surface area (Å²) in [6.45, 7) is 2.57. The molecule has 0 aliphatic carbocycles. The van der Waals surface area contributed by atoms with E-state index in [0.29, 0.717) is 46.3 Å². The molecule has 2 aromatic carbocycles. The van der Waals surface area contributed by atoms with Crippen molar-refractivity contribution in [2.24, 2.45) is 9.98 Å². The fraction of sp³-hybridized carbons (Fsp3) is 0.273. The first-order valence-electron chi connectivity index (χ1n) is 10.2. The predicted octanol–water partition coefficient (Wildman–Crippen LogP) is 4.74. The van der Waals surface area contributed by atoms with Crippen LogP contribution in [0.15, 0.2) is 58.5 Å². The van der Waals surface area contributed by atoms with Crippen molar-refractivity contribution in [3.05, 3.63) is 79.8 Å². The van der Waals surface area contributed by atoms with Crippen LogP contribution in [0.5, 0.6) is 0 Å². The average Bonchev–Trinajstić information content (AvgIpc) is 3.40. The van der Waals surface area contributed by atoms with Crippen molar-refractivity contribution in [3.63, 3.8) is 0 Å². The summed E-state index contributed by atoms with van der Waals surface area (Å²) in [5.41, 5.74) is 1.70. The maximum atomic E-state index is 6.28. The minimum atomic E-state index is -0.102. The van der Waals surface area contributed by atoms with Crippen LogP contribution in [0.3, 0.4) is 0 Å². The molecule has 0 radical (unpaired) electrons. The molecule has 0 amide bonds. The molecule has 32 heavy (non-hydrogen) atoms. The van der Waals surface area contributed by atoms with Gasteiger partial charge in [0.1, 0.15) is 0 Å². The van der Waals surface area contributed by atoms with Crippen LogP contribution in [0.25, 0.3) is 0 Å². The highest BCUT2D eigenvalue weighted by Gasteiger charge is 2.24. The third kappa shape index (κ3) is 5.44. The standard InChI is InChI=1S/C22H22Cl4N6/c23-13-5-3-6-14(24)19(13)17-11-29-21(31-17)27-9-1-2-10-28-22-30-12-18(32-22)20-15(25)7-4-8-16(20)26/h1-8,17-18H,9-12H2,(H2,27,29,31)(H2,28,30,32)/b2-1+. The van der Waals surface area contributed by atoms with Crippen LogP contribution < -0.4 is 21.3 Å². The Labute approximate surface area is 207 Å². The lowest BCUT2D eigenvalue weighted by Crippen LogP contribution is -2.34. The highest BCUT2D eigenvalue weighted by atomic mass is 35.5. The highest BCUT2D eigenvalue weighted by Crippen LogP contribution is 2.34. The van der Waals surface area contributed by atoms with Crippen LogP contribution in [-0.2, 0) is 0 Å². The minimum Gasteiger partial charge on any atom is -0.354 e. The van der Waals surface area contributed by atoms with Crippen molar-refractivity contribution in [1.29, 1.82) is 0 Å². The van der Waals surface area contributed by atoms with E-state index in [9.17, 15) is 0 Å². The molecule has 0 spiro atoms. The van der Waals surface area contributed by atoms with E-state index >= 15 is 0 Å². The van der Waals surface area contributed by atoms with Crippen molar-refractivity contribution >= 4 is 58.3 Å². The Hall–Kier alpha value is -2.12. The summed E-state index contributed by atoms with van der Waals surface area (Å²) in [7, 11) is 0. The van der Waals surface area contributed by atoms with E-state index in [2.05, 4.69) is 31.3 Å². The second-order valence-corrected chi connectivity index (χ2v) is 8.88. The van der Waals surface area contributed by atoms with Crippen molar-refractivity contribution in [3.8, 4) is 0 Å². The number of benzene rings is 2. The van der Waals surface area contributed by atoms with Gasteiger partial charge in [-0.05, 0) is 24.3 Å². The largest absolute Gasteiger partial charge is 0.354 e. The van der Waals surface area contributed by atoms with Crippen LogP contribution in [0.2, 0.25) is 20.1 Å². The maximum absolute atomic E-state index is 6.28. The number of nitrogens with zero attached hydrogens (tertiary/aromatic N) is 2. The van der Waals surface area contributed by atoms with Crippen LogP contribution in [0.1, 0.15) is 23.2 Å². The molecule has 2 aromatic rings. The van der Waals surface area contributed by atoms with Gasteiger partial charge in [-0.15, -0.1) is 0 Å². The summed E-state index contributed by atoms with van der Waals surface area (Å²) in [4.78, 5) is 9.27. The molecule has 6 nitrogen and oxygen atoms in total. The van der Waals surface area contributed by atoms with E-state index in [0.717, 1.165) is 23.0 Å². The van der Waals surface area contributed by atoms with Gasteiger partial charge in [-0.1, -0.05) is 70.7 Å². The van der Waals surface area contributed by atoms with Gasteiger partial charge in [0.2, 0.25) is 0 Å². The second-order valence-electron chi connectivity index (χ2n) is 7.25. The average molecular weight is 512 g/mol. The monoisotopic (exact) mass is 510 g/mol. The summed E-state index contributed by atoms with van der Waals surface area (Å²) >= 11 is 25.1. The molecular formula is C22H22Cl4N6. The molecule has 4 rings (SSSR count). The molecule has 0 aromatic heterocycles. The molecule has 0 saturated heterocycles. The summed E-state index contributed by atoms with van der Waals surface area (Å²) < 4.78 is 0. The van der Waals surface area contributed by atoms with Crippen molar-refractivity contribution in [1.82, 2.24) is 21.3 Å². The van der Waals surface area contributed by atoms with Gasteiger partial charge in [0.15, 0.2) is 11.9 Å². The van der Waals surface area contributed by atoms with Crippen LogP contribution in [-0.4, -0.2) is 38.1 Å². The van der Waals surface area contributed by atoms with Gasteiger partial charge in [-0.2, -0.15) is 0 Å². The lowest BCUT2D eigenvalue weighted by molar-refractivity contribution is 0.751. The molecule has 2 heterocycles. The molecular weight excluding hydrogens is 490 g/mol. The number of rotatable bonds is 6. The Kier molecular flexibility index (Phi) is 7.68. The Morgan fingerprint density at radius 3 is 1.47 bits per heavy atom. The van der Waals surface area contributed by atoms with E-state index < -0.39 is 0 Å². The predicted molar refractivity (Wildman–Crippen MR) is 134 cm³/mol. The molecule has 0 bridgehead atoms. The highest BCUT2D eigenvalue weighted by molar-refractivity contribution is 6.36. The number of aliphatic imine (C=N–C) groups is 2. The Morgan fingerprint density at radius 1 is 0.719 bits per heavy atom. The normalized spacial score (nSPS) is 20.0. The molecule has 168 valence electrons. The Balaban J connectivity index is 1.23. The maximum Gasteiger partial charge on any atom is 0.192 e. The Bertz CT molecular complexity index is 944. The fourth-order valence-electron chi connectivity index (χ4n) is 3.57. The summed E-state index contributed by atoms with van der Waals surface area (Å²) in [6.07, 6.45) is 4.04. The summed E-state index contributed by atoms with van der Waals surface area (Å²) in [5, 5.41) is 15.5. The molecule has 0 saturated carbocycles. The van der Waals surface area contributed by atoms with E-state index in [1.165, 1.54) is 0 Å². The van der Waals surface area contributed by atoms with Crippen LogP contribution in [0, 0.1) is 0 Å². The lowest BCUT2D eigenvalue weighted by Gasteiger charge is -2.10. The third-order valence-electron chi connectivity index (χ3n) is 5.10. The lowest BCUT2D eigenvalue weighted by atomic mass is 10.1. The fourth-order valence-corrected chi connectivity index (χ4v) is 4.87. The van der Waals surface area contributed by atoms with Gasteiger partial charge >= 0.3 is 0 Å². The molecule has 4 N–H and O–H groups in total. The zero-order valence-electron chi connectivity index (χ0n) is 17.0. The van der Waals surface area contributed by atoms with E-state index in [1.54, 1.807) is 0 Å². The number of nitrogens with one attached hydrogen (secondary N) is 4. The number of guanidine groups is 2. The summed E-state index contributed by atoms with van der Waals surface area (Å²) in [5.74, 6) is 1.45. The first-order valence-corrected chi connectivity index (χ1v) is 11.7. The zero-order valence-corrected chi connectivity index (χ0v) is 20.0. The third-order valence-corrected chi connectivity index (χ3v) is 6.42. The van der Waals surface area contributed by atoms with Gasteiger partial charge in [0, 0.05) is 57.4 Å². The number of hydrogen-bond donors (Lipinski definition) is 4. The van der Waals surface area contributed by atoms with Crippen LogP contribution >= 0.6 is 46.4 Å². The van der Waals surface area contributed by atoms with Gasteiger partial charge in [0.25, 0.3) is 0 Å². The van der Waals surface area contributed by atoms with Crippen molar-refractivity contribution < 1.29 is 0 Å². The topological polar surface area (TPSA) is 72.8 Å².